The maximum Gasteiger partial charge on any atom is 0.148 e. The smallest absolute Gasteiger partial charge is 0.148 e. The molecule has 1 aromatic carbocycles. The molecule has 0 spiro atoms. The number of anilines is 2. The summed E-state index contributed by atoms with van der Waals surface area (Å²) in [4.78, 5) is 2.20. The predicted molar refractivity (Wildman–Crippen MR) is 110 cm³/mol. The topological polar surface area (TPSA) is 18.5 Å². The number of halogens is 1. The minimum absolute atomic E-state index is 0.137. The molecule has 0 radical (unpaired) electrons. The van der Waals surface area contributed by atoms with Gasteiger partial charge in [0.25, 0.3) is 0 Å². The van der Waals surface area contributed by atoms with Gasteiger partial charge in [-0.1, -0.05) is 18.9 Å². The van der Waals surface area contributed by atoms with Crippen LogP contribution in [-0.4, -0.2) is 31.5 Å². The van der Waals surface area contributed by atoms with E-state index in [-0.39, 0.29) is 5.82 Å². The van der Waals surface area contributed by atoms with Crippen LogP contribution in [0.1, 0.15) is 25.7 Å². The van der Waals surface area contributed by atoms with Gasteiger partial charge in [-0.3, -0.25) is 4.31 Å². The largest absolute Gasteiger partial charge is 0.367 e. The lowest BCUT2D eigenvalue weighted by Gasteiger charge is -2.26. The van der Waals surface area contributed by atoms with Crippen LogP contribution in [0.2, 0.25) is 0 Å². The molecule has 0 unspecified atom stereocenters. The normalized spacial score (nSPS) is 15.4. The van der Waals surface area contributed by atoms with E-state index in [9.17, 15) is 4.39 Å². The SMILES string of the molecule is CN(C)Sc1ccc(SNc2cccc(F)c2N2CCCCCC2)s1. The van der Waals surface area contributed by atoms with Crippen molar-refractivity contribution in [2.24, 2.45) is 0 Å². The molecule has 7 heteroatoms. The average Bonchev–Trinajstić information content (AvgIpc) is 2.84. The molecule has 0 saturated carbocycles. The van der Waals surface area contributed by atoms with Crippen molar-refractivity contribution in [1.82, 2.24) is 4.31 Å². The molecule has 0 atom stereocenters. The molecule has 136 valence electrons. The quantitative estimate of drug-likeness (QED) is 0.605. The number of para-hydroxylation sites is 1. The number of benzene rings is 1. The minimum Gasteiger partial charge on any atom is -0.367 e. The van der Waals surface area contributed by atoms with Crippen molar-refractivity contribution in [1.29, 1.82) is 0 Å². The fourth-order valence-corrected chi connectivity index (χ4v) is 5.96. The second kappa shape index (κ2) is 9.16. The van der Waals surface area contributed by atoms with Gasteiger partial charge in [0.15, 0.2) is 0 Å². The van der Waals surface area contributed by atoms with Crippen molar-refractivity contribution >= 4 is 46.6 Å². The Hall–Kier alpha value is -0.890. The number of thiophene rings is 1. The highest BCUT2D eigenvalue weighted by atomic mass is 32.2. The van der Waals surface area contributed by atoms with Gasteiger partial charge in [0.2, 0.25) is 0 Å². The number of hydrogen-bond acceptors (Lipinski definition) is 6. The van der Waals surface area contributed by atoms with Crippen LogP contribution in [-0.2, 0) is 0 Å². The molecule has 0 bridgehead atoms. The van der Waals surface area contributed by atoms with E-state index in [0.717, 1.165) is 37.3 Å². The van der Waals surface area contributed by atoms with Crippen molar-refractivity contribution < 1.29 is 4.39 Å². The Labute approximate surface area is 162 Å². The third-order valence-electron chi connectivity index (χ3n) is 4.00. The van der Waals surface area contributed by atoms with Crippen molar-refractivity contribution in [2.75, 3.05) is 36.8 Å². The summed E-state index contributed by atoms with van der Waals surface area (Å²) in [5.41, 5.74) is 1.58. The first-order valence-electron chi connectivity index (χ1n) is 8.55. The molecule has 2 heterocycles. The molecule has 3 rings (SSSR count). The summed E-state index contributed by atoms with van der Waals surface area (Å²) in [5.74, 6) is -0.137. The highest BCUT2D eigenvalue weighted by Crippen LogP contribution is 2.37. The van der Waals surface area contributed by atoms with Crippen LogP contribution in [0.25, 0.3) is 0 Å². The molecule has 0 amide bonds. The van der Waals surface area contributed by atoms with E-state index in [1.807, 2.05) is 20.2 Å². The van der Waals surface area contributed by atoms with Crippen LogP contribution in [0, 0.1) is 5.82 Å². The fourth-order valence-electron chi connectivity index (χ4n) is 2.91. The average molecular weight is 398 g/mol. The lowest BCUT2D eigenvalue weighted by molar-refractivity contribution is 0.617. The first-order chi connectivity index (χ1) is 12.1. The molecular formula is C18H24FN3S3. The maximum absolute atomic E-state index is 14.5. The highest BCUT2D eigenvalue weighted by Gasteiger charge is 2.18. The molecule has 1 N–H and O–H groups in total. The van der Waals surface area contributed by atoms with Crippen LogP contribution < -0.4 is 9.62 Å². The predicted octanol–water partition coefficient (Wildman–Crippen LogP) is 5.96. The minimum atomic E-state index is -0.137. The molecule has 1 aromatic heterocycles. The Balaban J connectivity index is 1.71. The molecular weight excluding hydrogens is 373 g/mol. The van der Waals surface area contributed by atoms with E-state index in [1.54, 1.807) is 47.4 Å². The second-order valence-electron chi connectivity index (χ2n) is 6.22. The van der Waals surface area contributed by atoms with Gasteiger partial charge in [-0.05, 0) is 75.1 Å². The number of nitrogens with one attached hydrogen (secondary N) is 1. The van der Waals surface area contributed by atoms with Gasteiger partial charge in [0.1, 0.15) is 5.82 Å². The molecule has 0 aliphatic carbocycles. The molecule has 25 heavy (non-hydrogen) atoms. The summed E-state index contributed by atoms with van der Waals surface area (Å²) in [6.07, 6.45) is 4.75. The summed E-state index contributed by atoms with van der Waals surface area (Å²) in [6, 6.07) is 9.55. The zero-order chi connectivity index (χ0) is 17.6. The molecule has 1 aliphatic rings. The first-order valence-corrected chi connectivity index (χ1v) is 11.0. The fraction of sp³-hybridized carbons (Fsp3) is 0.444. The van der Waals surface area contributed by atoms with Crippen molar-refractivity contribution in [2.45, 2.75) is 34.1 Å². The third kappa shape index (κ3) is 5.29. The van der Waals surface area contributed by atoms with Gasteiger partial charge in [-0.15, -0.1) is 11.3 Å². The number of rotatable bonds is 6. The standard InChI is InChI=1S/C18H24FN3S3/c1-21(2)25-17-11-10-16(23-17)24-20-15-9-7-8-14(19)18(15)22-12-5-3-4-6-13-22/h7-11,20H,3-6,12-13H2,1-2H3. The molecule has 3 nitrogen and oxygen atoms in total. The van der Waals surface area contributed by atoms with Crippen molar-refractivity contribution in [3.63, 3.8) is 0 Å². The lowest BCUT2D eigenvalue weighted by Crippen LogP contribution is -2.25. The van der Waals surface area contributed by atoms with E-state index in [4.69, 9.17) is 0 Å². The third-order valence-corrected chi connectivity index (χ3v) is 6.99. The summed E-state index contributed by atoms with van der Waals surface area (Å²) in [5, 5.41) is 0. The summed E-state index contributed by atoms with van der Waals surface area (Å²) >= 11 is 5.01. The van der Waals surface area contributed by atoms with E-state index >= 15 is 0 Å². The Kier molecular flexibility index (Phi) is 6.92. The Morgan fingerprint density at radius 1 is 1.04 bits per heavy atom. The van der Waals surface area contributed by atoms with Crippen LogP contribution in [0.5, 0.6) is 0 Å². The summed E-state index contributed by atoms with van der Waals surface area (Å²) in [7, 11) is 4.07. The maximum atomic E-state index is 14.5. The second-order valence-corrected chi connectivity index (χ2v) is 10.0. The Morgan fingerprint density at radius 2 is 1.76 bits per heavy atom. The van der Waals surface area contributed by atoms with Crippen LogP contribution in [0.4, 0.5) is 15.8 Å². The van der Waals surface area contributed by atoms with Gasteiger partial charge in [0.05, 0.1) is 19.8 Å². The van der Waals surface area contributed by atoms with E-state index in [1.165, 1.54) is 21.3 Å². The summed E-state index contributed by atoms with van der Waals surface area (Å²) < 4.78 is 22.4. The highest BCUT2D eigenvalue weighted by molar-refractivity contribution is 8.03. The number of hydrogen-bond donors (Lipinski definition) is 1. The molecule has 1 fully saturated rings. The van der Waals surface area contributed by atoms with E-state index < -0.39 is 0 Å². The van der Waals surface area contributed by atoms with Gasteiger partial charge >= 0.3 is 0 Å². The molecule has 1 saturated heterocycles. The monoisotopic (exact) mass is 397 g/mol. The number of nitrogens with zero attached hydrogens (tertiary/aromatic N) is 2. The van der Waals surface area contributed by atoms with Crippen LogP contribution >= 0.6 is 35.2 Å². The Morgan fingerprint density at radius 3 is 2.48 bits per heavy atom. The van der Waals surface area contributed by atoms with Crippen LogP contribution in [0.3, 0.4) is 0 Å². The molecule has 2 aromatic rings. The van der Waals surface area contributed by atoms with E-state index in [0.29, 0.717) is 0 Å². The van der Waals surface area contributed by atoms with Gasteiger partial charge in [-0.2, -0.15) is 0 Å². The van der Waals surface area contributed by atoms with Gasteiger partial charge in [0, 0.05) is 13.1 Å². The zero-order valence-electron chi connectivity index (χ0n) is 14.6. The van der Waals surface area contributed by atoms with E-state index in [2.05, 4.69) is 26.1 Å². The lowest BCUT2D eigenvalue weighted by atomic mass is 10.2. The van der Waals surface area contributed by atoms with Crippen molar-refractivity contribution in [3.05, 3.63) is 36.1 Å². The Bertz CT molecular complexity index is 682. The molecule has 1 aliphatic heterocycles. The van der Waals surface area contributed by atoms with Gasteiger partial charge in [-0.25, -0.2) is 4.39 Å². The summed E-state index contributed by atoms with van der Waals surface area (Å²) in [6.45, 7) is 1.87. The zero-order valence-corrected chi connectivity index (χ0v) is 17.1. The van der Waals surface area contributed by atoms with Crippen LogP contribution in [0.15, 0.2) is 38.8 Å². The first kappa shape index (κ1) is 18.9. The van der Waals surface area contributed by atoms with Gasteiger partial charge < -0.3 is 9.62 Å². The van der Waals surface area contributed by atoms with Crippen molar-refractivity contribution in [3.8, 4) is 0 Å².